The lowest BCUT2D eigenvalue weighted by Crippen LogP contribution is -2.28. The molecule has 0 aliphatic rings. The topological polar surface area (TPSA) is 71.1 Å². The highest BCUT2D eigenvalue weighted by atomic mass is 32.2. The molecule has 0 aliphatic carbocycles. The monoisotopic (exact) mass is 396 g/mol. The van der Waals surface area contributed by atoms with Gasteiger partial charge in [-0.2, -0.15) is 0 Å². The van der Waals surface area contributed by atoms with Crippen molar-refractivity contribution in [3.63, 3.8) is 0 Å². The molecule has 6 nitrogen and oxygen atoms in total. The zero-order valence-corrected chi connectivity index (χ0v) is 19.2. The third-order valence-electron chi connectivity index (χ3n) is 3.79. The Hall–Kier alpha value is -0.790. The van der Waals surface area contributed by atoms with Crippen molar-refractivity contribution in [1.29, 1.82) is 0 Å². The van der Waals surface area contributed by atoms with E-state index in [1.807, 2.05) is 27.7 Å². The third kappa shape index (κ3) is 16.7. The van der Waals surface area contributed by atoms with Crippen LogP contribution in [0.15, 0.2) is 0 Å². The van der Waals surface area contributed by atoms with Gasteiger partial charge < -0.3 is 9.47 Å². The molecule has 0 radical (unpaired) electrons. The van der Waals surface area contributed by atoms with E-state index in [1.165, 1.54) is 7.11 Å². The predicted octanol–water partition coefficient (Wildman–Crippen LogP) is 5.20. The van der Waals surface area contributed by atoms with Crippen molar-refractivity contribution in [1.82, 2.24) is 0 Å². The van der Waals surface area contributed by atoms with Crippen LogP contribution in [0.1, 0.15) is 75.2 Å². The largest absolute Gasteiger partial charge is 0.466 e. The number of rotatable bonds is 10. The average molecular weight is 397 g/mol. The van der Waals surface area contributed by atoms with E-state index in [1.54, 1.807) is 13.8 Å². The van der Waals surface area contributed by atoms with Crippen molar-refractivity contribution in [2.24, 2.45) is 11.3 Å². The highest BCUT2D eigenvalue weighted by Gasteiger charge is 2.27. The summed E-state index contributed by atoms with van der Waals surface area (Å²) in [6.07, 6.45) is 2.09. The molecule has 0 aliphatic heterocycles. The van der Waals surface area contributed by atoms with E-state index in [9.17, 15) is 9.59 Å². The zero-order valence-electron chi connectivity index (χ0n) is 18.3. The van der Waals surface area contributed by atoms with Crippen molar-refractivity contribution in [2.75, 3.05) is 20.3 Å². The van der Waals surface area contributed by atoms with Gasteiger partial charge in [0.05, 0.1) is 25.2 Å². The number of methoxy groups -OCH3 is 1. The van der Waals surface area contributed by atoms with Gasteiger partial charge in [-0.15, -0.1) is 0 Å². The van der Waals surface area contributed by atoms with Gasteiger partial charge in [0.1, 0.15) is 0 Å². The third-order valence-corrected chi connectivity index (χ3v) is 4.50. The summed E-state index contributed by atoms with van der Waals surface area (Å²) in [5.41, 5.74) is -0.534. The van der Waals surface area contributed by atoms with Gasteiger partial charge in [0.2, 0.25) is 0 Å². The lowest BCUT2D eigenvalue weighted by atomic mass is 9.91. The van der Waals surface area contributed by atoms with Gasteiger partial charge in [-0.05, 0) is 40.0 Å². The summed E-state index contributed by atoms with van der Waals surface area (Å²) in [7, 11) is 1.25. The van der Waals surface area contributed by atoms with Crippen molar-refractivity contribution < 1.29 is 27.4 Å². The molecule has 0 N–H and O–H groups in total. The quantitative estimate of drug-likeness (QED) is 0.285. The van der Waals surface area contributed by atoms with Crippen LogP contribution in [0, 0.1) is 11.3 Å². The lowest BCUT2D eigenvalue weighted by molar-refractivity contribution is -0.163. The first-order valence-electron chi connectivity index (χ1n) is 9.35. The molecule has 0 saturated heterocycles. The molecular weight excluding hydrogens is 356 g/mol. The maximum atomic E-state index is 11.3. The second-order valence-electron chi connectivity index (χ2n) is 6.05. The van der Waals surface area contributed by atoms with Gasteiger partial charge in [0.25, 0.3) is 0 Å². The normalized spacial score (nSPS) is 12.5. The Kier molecular flexibility index (Phi) is 21.9. The van der Waals surface area contributed by atoms with Gasteiger partial charge in [-0.1, -0.05) is 41.0 Å². The number of hydrogen-bond donors (Lipinski definition) is 0. The van der Waals surface area contributed by atoms with Gasteiger partial charge in [-0.25, -0.2) is 4.79 Å². The minimum absolute atomic E-state index is 0.275. The van der Waals surface area contributed by atoms with E-state index in [-0.39, 0.29) is 18.7 Å². The SMILES string of the molecule is CC.CCC(C)(C)C(=O)OCC(=O)OC.CCOSOC(C)C(C)CC. The number of carbonyl (C=O) groups is 2. The Labute approximate surface area is 165 Å². The van der Waals surface area contributed by atoms with Crippen LogP contribution in [0.25, 0.3) is 0 Å². The van der Waals surface area contributed by atoms with Crippen LogP contribution in [-0.2, 0) is 27.4 Å². The molecule has 158 valence electrons. The molecule has 2 unspecified atom stereocenters. The Morgan fingerprint density at radius 3 is 2.00 bits per heavy atom. The minimum atomic E-state index is -0.541. The number of ether oxygens (including phenoxy) is 2. The molecule has 2 atom stereocenters. The van der Waals surface area contributed by atoms with E-state index in [4.69, 9.17) is 13.1 Å². The molecule has 0 aromatic heterocycles. The Morgan fingerprint density at radius 2 is 1.62 bits per heavy atom. The van der Waals surface area contributed by atoms with E-state index >= 15 is 0 Å². The van der Waals surface area contributed by atoms with Crippen LogP contribution >= 0.6 is 12.3 Å². The summed E-state index contributed by atoms with van der Waals surface area (Å²) in [5.74, 6) is -0.316. The molecule has 0 aromatic carbocycles. The predicted molar refractivity (Wildman–Crippen MR) is 108 cm³/mol. The van der Waals surface area contributed by atoms with Crippen LogP contribution < -0.4 is 0 Å². The maximum absolute atomic E-state index is 11.3. The molecule has 26 heavy (non-hydrogen) atoms. The molecule has 0 heterocycles. The van der Waals surface area contributed by atoms with E-state index < -0.39 is 11.4 Å². The lowest BCUT2D eigenvalue weighted by Gasteiger charge is -2.19. The molecule has 0 fully saturated rings. The fraction of sp³-hybridized carbons (Fsp3) is 0.895. The van der Waals surface area contributed by atoms with Crippen molar-refractivity contribution in [3.05, 3.63) is 0 Å². The van der Waals surface area contributed by atoms with Gasteiger partial charge >= 0.3 is 11.9 Å². The average Bonchev–Trinajstić information content (AvgIpc) is 2.66. The first kappa shape index (κ1) is 30.0. The van der Waals surface area contributed by atoms with Crippen molar-refractivity contribution in [3.8, 4) is 0 Å². The van der Waals surface area contributed by atoms with Gasteiger partial charge in [0.15, 0.2) is 18.9 Å². The number of carbonyl (C=O) groups excluding carboxylic acids is 2. The fourth-order valence-corrected chi connectivity index (χ4v) is 1.55. The standard InChI is InChI=1S/C9H16O4.C8H18O2S.C2H6/c1-5-9(2,3)8(11)13-6-7(10)12-4;1-5-7(3)8(4)10-11-9-6-2;1-2/h5-6H2,1-4H3;7-8H,5-6H2,1-4H3;1-2H3. The van der Waals surface area contributed by atoms with Gasteiger partial charge in [0, 0.05) is 0 Å². The second kappa shape index (κ2) is 19.0. The van der Waals surface area contributed by atoms with Crippen molar-refractivity contribution in [2.45, 2.75) is 81.3 Å². The van der Waals surface area contributed by atoms with E-state index in [2.05, 4.69) is 25.5 Å². The molecule has 0 saturated carbocycles. The maximum Gasteiger partial charge on any atom is 0.344 e. The summed E-state index contributed by atoms with van der Waals surface area (Å²) in [5, 5.41) is 0. The zero-order chi connectivity index (χ0) is 21.2. The summed E-state index contributed by atoms with van der Waals surface area (Å²) < 4.78 is 19.4. The van der Waals surface area contributed by atoms with E-state index in [0.29, 0.717) is 18.9 Å². The first-order chi connectivity index (χ1) is 12.2. The van der Waals surface area contributed by atoms with E-state index in [0.717, 1.165) is 18.7 Å². The second-order valence-corrected chi connectivity index (χ2v) is 6.62. The molecule has 0 aromatic rings. The van der Waals surface area contributed by atoms with Crippen LogP contribution in [0.4, 0.5) is 0 Å². The molecule has 0 amide bonds. The molecule has 0 spiro atoms. The first-order valence-corrected chi connectivity index (χ1v) is 10.0. The molecule has 0 bridgehead atoms. The summed E-state index contributed by atoms with van der Waals surface area (Å²) in [6.45, 7) is 18.2. The minimum Gasteiger partial charge on any atom is -0.466 e. The Balaban J connectivity index is -0.000000375. The highest BCUT2D eigenvalue weighted by molar-refractivity contribution is 7.89. The fourth-order valence-electron chi connectivity index (χ4n) is 1.09. The molecule has 0 rings (SSSR count). The number of hydrogen-bond acceptors (Lipinski definition) is 7. The molecular formula is C19H40O6S. The van der Waals surface area contributed by atoms with Crippen LogP contribution in [0.2, 0.25) is 0 Å². The van der Waals surface area contributed by atoms with Crippen LogP contribution in [0.5, 0.6) is 0 Å². The molecule has 7 heteroatoms. The van der Waals surface area contributed by atoms with Crippen LogP contribution in [0.3, 0.4) is 0 Å². The van der Waals surface area contributed by atoms with Gasteiger partial charge in [-0.3, -0.25) is 13.2 Å². The summed E-state index contributed by atoms with van der Waals surface area (Å²) in [4.78, 5) is 21.9. The summed E-state index contributed by atoms with van der Waals surface area (Å²) in [6, 6.07) is 0. The highest BCUT2D eigenvalue weighted by Crippen LogP contribution is 2.21. The Morgan fingerprint density at radius 1 is 1.08 bits per heavy atom. The smallest absolute Gasteiger partial charge is 0.344 e. The van der Waals surface area contributed by atoms with Crippen LogP contribution in [-0.4, -0.2) is 38.4 Å². The Bertz CT molecular complexity index is 347. The van der Waals surface area contributed by atoms with Crippen molar-refractivity contribution >= 4 is 24.3 Å². The summed E-state index contributed by atoms with van der Waals surface area (Å²) >= 11 is 1.11. The number of esters is 2.